The summed E-state index contributed by atoms with van der Waals surface area (Å²) in [6.07, 6.45) is 6.86. The molecule has 3 heterocycles. The molecule has 4 aliphatic rings. The Hall–Kier alpha value is -1.14. The zero-order chi connectivity index (χ0) is 16.9. The second-order valence-corrected chi connectivity index (χ2v) is 8.45. The molecule has 24 heavy (non-hydrogen) atoms. The molecule has 2 atom stereocenters. The van der Waals surface area contributed by atoms with Crippen molar-refractivity contribution < 1.29 is 9.59 Å². The Bertz CT molecular complexity index is 497. The SMILES string of the molecule is CN1CCC2(CC1)CC(=O)N1C[C@@H](N(C)C3CCC3)C[C@H]1C(=O)N2. The first-order valence-corrected chi connectivity index (χ1v) is 9.49. The molecule has 0 bridgehead atoms. The number of fused-ring (bicyclic) bond motifs is 1. The molecule has 4 fully saturated rings. The van der Waals surface area contributed by atoms with Gasteiger partial charge < -0.3 is 15.1 Å². The van der Waals surface area contributed by atoms with Crippen molar-refractivity contribution in [3.63, 3.8) is 0 Å². The van der Waals surface area contributed by atoms with E-state index in [2.05, 4.69) is 29.2 Å². The van der Waals surface area contributed by atoms with E-state index in [4.69, 9.17) is 0 Å². The smallest absolute Gasteiger partial charge is 0.243 e. The zero-order valence-corrected chi connectivity index (χ0v) is 15.0. The van der Waals surface area contributed by atoms with E-state index in [1.807, 2.05) is 4.90 Å². The van der Waals surface area contributed by atoms with Gasteiger partial charge in [0.1, 0.15) is 6.04 Å². The van der Waals surface area contributed by atoms with Crippen molar-refractivity contribution in [3.8, 4) is 0 Å². The Kier molecular flexibility index (Phi) is 4.07. The van der Waals surface area contributed by atoms with E-state index in [1.165, 1.54) is 19.3 Å². The molecule has 3 saturated heterocycles. The summed E-state index contributed by atoms with van der Waals surface area (Å²) in [4.78, 5) is 32.4. The summed E-state index contributed by atoms with van der Waals surface area (Å²) in [5.74, 6) is 0.252. The van der Waals surface area contributed by atoms with Gasteiger partial charge in [-0.2, -0.15) is 0 Å². The van der Waals surface area contributed by atoms with Crippen LogP contribution in [0.15, 0.2) is 0 Å². The monoisotopic (exact) mass is 334 g/mol. The van der Waals surface area contributed by atoms with Gasteiger partial charge in [-0.3, -0.25) is 14.5 Å². The maximum atomic E-state index is 12.9. The van der Waals surface area contributed by atoms with Gasteiger partial charge >= 0.3 is 0 Å². The maximum Gasteiger partial charge on any atom is 0.243 e. The summed E-state index contributed by atoms with van der Waals surface area (Å²) < 4.78 is 0. The second-order valence-electron chi connectivity index (χ2n) is 8.45. The molecule has 1 aliphatic carbocycles. The minimum atomic E-state index is -0.305. The fourth-order valence-electron chi connectivity index (χ4n) is 4.85. The highest BCUT2D eigenvalue weighted by Crippen LogP contribution is 2.35. The van der Waals surface area contributed by atoms with Gasteiger partial charge in [0.2, 0.25) is 11.8 Å². The van der Waals surface area contributed by atoms with Gasteiger partial charge in [0.25, 0.3) is 0 Å². The predicted octanol–water partition coefficient (Wildman–Crippen LogP) is 0.425. The molecule has 0 radical (unpaired) electrons. The van der Waals surface area contributed by atoms with Crippen molar-refractivity contribution in [3.05, 3.63) is 0 Å². The number of carbonyl (C=O) groups is 2. The Morgan fingerprint density at radius 2 is 1.88 bits per heavy atom. The van der Waals surface area contributed by atoms with Crippen LogP contribution in [0.5, 0.6) is 0 Å². The Balaban J connectivity index is 1.48. The van der Waals surface area contributed by atoms with Crippen molar-refractivity contribution in [1.29, 1.82) is 0 Å². The summed E-state index contributed by atoms with van der Waals surface area (Å²) in [6, 6.07) is 0.725. The maximum absolute atomic E-state index is 12.9. The zero-order valence-electron chi connectivity index (χ0n) is 15.0. The number of carbonyl (C=O) groups excluding carboxylic acids is 2. The molecule has 1 saturated carbocycles. The van der Waals surface area contributed by atoms with Crippen LogP contribution in [-0.4, -0.2) is 83.9 Å². The van der Waals surface area contributed by atoms with Crippen molar-refractivity contribution in [2.24, 2.45) is 0 Å². The van der Waals surface area contributed by atoms with E-state index >= 15 is 0 Å². The predicted molar refractivity (Wildman–Crippen MR) is 91.5 cm³/mol. The van der Waals surface area contributed by atoms with Gasteiger partial charge in [0.05, 0.1) is 12.0 Å². The molecule has 0 aromatic carbocycles. The number of nitrogens with one attached hydrogen (secondary N) is 1. The Labute approximate surface area is 144 Å². The number of hydrogen-bond donors (Lipinski definition) is 1. The molecule has 134 valence electrons. The van der Waals surface area contributed by atoms with Gasteiger partial charge in [-0.05, 0) is 46.2 Å². The third-order valence-electron chi connectivity index (χ3n) is 6.95. The second kappa shape index (κ2) is 5.99. The van der Waals surface area contributed by atoms with Crippen LogP contribution in [-0.2, 0) is 9.59 Å². The van der Waals surface area contributed by atoms with Crippen molar-refractivity contribution >= 4 is 11.8 Å². The molecular weight excluding hydrogens is 304 g/mol. The number of nitrogens with zero attached hydrogens (tertiary/aromatic N) is 3. The number of likely N-dealkylation sites (N-methyl/N-ethyl adjacent to an activating group) is 1. The van der Waals surface area contributed by atoms with Crippen LogP contribution in [0.4, 0.5) is 0 Å². The van der Waals surface area contributed by atoms with E-state index in [0.29, 0.717) is 18.5 Å². The average Bonchev–Trinajstić information content (AvgIpc) is 2.91. The highest BCUT2D eigenvalue weighted by Gasteiger charge is 2.49. The fraction of sp³-hybridized carbons (Fsp3) is 0.889. The van der Waals surface area contributed by atoms with Crippen LogP contribution < -0.4 is 5.32 Å². The minimum absolute atomic E-state index is 0.0786. The first-order chi connectivity index (χ1) is 11.5. The summed E-state index contributed by atoms with van der Waals surface area (Å²) in [5.41, 5.74) is -0.305. The molecular formula is C18H30N4O2. The Morgan fingerprint density at radius 3 is 2.50 bits per heavy atom. The quantitative estimate of drug-likeness (QED) is 0.795. The molecule has 6 nitrogen and oxygen atoms in total. The lowest BCUT2D eigenvalue weighted by Gasteiger charge is -2.40. The number of piperidine rings is 1. The minimum Gasteiger partial charge on any atom is -0.348 e. The summed E-state index contributed by atoms with van der Waals surface area (Å²) in [7, 11) is 4.27. The van der Waals surface area contributed by atoms with Gasteiger partial charge in [0, 0.05) is 31.7 Å². The third kappa shape index (κ3) is 2.73. The highest BCUT2D eigenvalue weighted by molar-refractivity contribution is 5.92. The summed E-state index contributed by atoms with van der Waals surface area (Å²) >= 11 is 0. The molecule has 2 amide bonds. The van der Waals surface area contributed by atoms with Crippen molar-refractivity contribution in [2.45, 2.75) is 68.6 Å². The number of amides is 2. The topological polar surface area (TPSA) is 55.9 Å². The molecule has 6 heteroatoms. The first kappa shape index (κ1) is 16.3. The van der Waals surface area contributed by atoms with Gasteiger partial charge in [-0.1, -0.05) is 6.42 Å². The molecule has 0 aromatic rings. The standard InChI is InChI=1S/C18H30N4O2/c1-20-8-6-18(7-9-20)11-16(23)22-12-14(10-15(22)17(24)19-18)21(2)13-4-3-5-13/h13-15H,3-12H2,1-2H3,(H,19,24)/t14-,15-/m0/s1. The molecule has 1 spiro atoms. The van der Waals surface area contributed by atoms with Crippen LogP contribution in [0.1, 0.15) is 44.9 Å². The van der Waals surface area contributed by atoms with E-state index in [9.17, 15) is 9.59 Å². The Morgan fingerprint density at radius 1 is 1.17 bits per heavy atom. The summed E-state index contributed by atoms with van der Waals surface area (Å²) in [6.45, 7) is 2.62. The van der Waals surface area contributed by atoms with Crippen LogP contribution in [0, 0.1) is 0 Å². The molecule has 0 aromatic heterocycles. The molecule has 1 N–H and O–H groups in total. The van der Waals surface area contributed by atoms with E-state index in [1.54, 1.807) is 0 Å². The number of hydrogen-bond acceptors (Lipinski definition) is 4. The van der Waals surface area contributed by atoms with Gasteiger partial charge in [0.15, 0.2) is 0 Å². The fourth-order valence-corrected chi connectivity index (χ4v) is 4.85. The normalized spacial score (nSPS) is 34.2. The van der Waals surface area contributed by atoms with Gasteiger partial charge in [-0.25, -0.2) is 0 Å². The molecule has 0 unspecified atom stereocenters. The highest BCUT2D eigenvalue weighted by atomic mass is 16.2. The molecule has 4 rings (SSSR count). The van der Waals surface area contributed by atoms with Crippen LogP contribution in [0.3, 0.4) is 0 Å². The largest absolute Gasteiger partial charge is 0.348 e. The van der Waals surface area contributed by atoms with Crippen molar-refractivity contribution in [2.75, 3.05) is 33.7 Å². The van der Waals surface area contributed by atoms with E-state index in [0.717, 1.165) is 38.9 Å². The average molecular weight is 334 g/mol. The number of likely N-dealkylation sites (tertiary alicyclic amines) is 1. The lowest BCUT2D eigenvalue weighted by molar-refractivity contribution is -0.135. The molecule has 3 aliphatic heterocycles. The van der Waals surface area contributed by atoms with Crippen LogP contribution >= 0.6 is 0 Å². The first-order valence-electron chi connectivity index (χ1n) is 9.49. The third-order valence-corrected chi connectivity index (χ3v) is 6.95. The summed E-state index contributed by atoms with van der Waals surface area (Å²) in [5, 5.41) is 3.29. The lowest BCUT2D eigenvalue weighted by Crippen LogP contribution is -2.56. The van der Waals surface area contributed by atoms with Crippen LogP contribution in [0.2, 0.25) is 0 Å². The van der Waals surface area contributed by atoms with E-state index in [-0.39, 0.29) is 23.4 Å². The van der Waals surface area contributed by atoms with Crippen LogP contribution in [0.25, 0.3) is 0 Å². The van der Waals surface area contributed by atoms with Gasteiger partial charge in [-0.15, -0.1) is 0 Å². The van der Waals surface area contributed by atoms with Crippen molar-refractivity contribution in [1.82, 2.24) is 20.0 Å². The number of rotatable bonds is 2. The lowest BCUT2D eigenvalue weighted by atomic mass is 9.84. The van der Waals surface area contributed by atoms with E-state index < -0.39 is 0 Å².